The van der Waals surface area contributed by atoms with Gasteiger partial charge in [-0.1, -0.05) is 11.6 Å². The van der Waals surface area contributed by atoms with Gasteiger partial charge in [-0.3, -0.25) is 4.90 Å². The van der Waals surface area contributed by atoms with Crippen molar-refractivity contribution in [2.45, 2.75) is 19.0 Å². The van der Waals surface area contributed by atoms with Crippen LogP contribution in [0.3, 0.4) is 0 Å². The monoisotopic (exact) mass is 264 g/mol. The number of nitrogens with zero attached hydrogens (tertiary/aromatic N) is 1. The number of hydrogen-bond acceptors (Lipinski definition) is 2. The van der Waals surface area contributed by atoms with Gasteiger partial charge in [0.25, 0.3) is 0 Å². The molecule has 5 heteroatoms. The Labute approximate surface area is 106 Å². The lowest BCUT2D eigenvalue weighted by Gasteiger charge is -2.15. The lowest BCUT2D eigenvalue weighted by atomic mass is 10.2. The van der Waals surface area contributed by atoms with E-state index in [4.69, 9.17) is 17.3 Å². The van der Waals surface area contributed by atoms with E-state index in [0.29, 0.717) is 11.6 Å². The lowest BCUT2D eigenvalue weighted by molar-refractivity contribution is 0.326. The molecule has 0 radical (unpaired) electrons. The molecule has 1 atom stereocenters. The van der Waals surface area contributed by atoms with Crippen LogP contribution in [0.15, 0.2) is 18.2 Å². The first-order chi connectivity index (χ1) is 7.15. The highest BCUT2D eigenvalue weighted by molar-refractivity contribution is 6.31. The molecule has 1 fully saturated rings. The Balaban J connectivity index is 0.00000128. The van der Waals surface area contributed by atoms with Crippen molar-refractivity contribution in [2.75, 3.05) is 13.1 Å². The highest BCUT2D eigenvalue weighted by Crippen LogP contribution is 2.20. The third kappa shape index (κ3) is 3.32. The van der Waals surface area contributed by atoms with Crippen molar-refractivity contribution in [1.82, 2.24) is 4.90 Å². The van der Waals surface area contributed by atoms with Crippen molar-refractivity contribution < 1.29 is 4.39 Å². The van der Waals surface area contributed by atoms with E-state index in [9.17, 15) is 4.39 Å². The van der Waals surface area contributed by atoms with Gasteiger partial charge in [0.1, 0.15) is 5.82 Å². The third-order valence-electron chi connectivity index (χ3n) is 2.71. The molecule has 0 aliphatic carbocycles. The molecule has 0 aromatic heterocycles. The maximum absolute atomic E-state index is 13.0. The molecule has 1 saturated heterocycles. The Hall–Kier alpha value is -0.350. The molecular formula is C11H15Cl2FN2. The zero-order chi connectivity index (χ0) is 10.8. The molecule has 2 N–H and O–H groups in total. The molecule has 1 aromatic carbocycles. The second-order valence-corrected chi connectivity index (χ2v) is 4.43. The summed E-state index contributed by atoms with van der Waals surface area (Å²) in [6.45, 7) is 2.52. The van der Waals surface area contributed by atoms with Gasteiger partial charge in [0, 0.05) is 30.7 Å². The second kappa shape index (κ2) is 5.82. The van der Waals surface area contributed by atoms with Gasteiger partial charge in [-0.2, -0.15) is 0 Å². The second-order valence-electron chi connectivity index (χ2n) is 4.02. The number of halogens is 3. The minimum absolute atomic E-state index is 0. The van der Waals surface area contributed by atoms with E-state index in [1.165, 1.54) is 12.1 Å². The Kier molecular flexibility index (Phi) is 4.99. The summed E-state index contributed by atoms with van der Waals surface area (Å²) in [7, 11) is 0. The van der Waals surface area contributed by atoms with Crippen molar-refractivity contribution in [2.24, 2.45) is 5.73 Å². The number of hydrogen-bond donors (Lipinski definition) is 1. The number of nitrogens with two attached hydrogens (primary N) is 1. The van der Waals surface area contributed by atoms with Crippen LogP contribution in [0.2, 0.25) is 5.02 Å². The molecule has 1 aliphatic rings. The molecule has 1 aliphatic heterocycles. The first kappa shape index (κ1) is 13.7. The molecule has 0 spiro atoms. The summed E-state index contributed by atoms with van der Waals surface area (Å²) in [5.41, 5.74) is 6.64. The first-order valence-corrected chi connectivity index (χ1v) is 5.45. The van der Waals surface area contributed by atoms with Crippen LogP contribution >= 0.6 is 24.0 Å². The van der Waals surface area contributed by atoms with Crippen molar-refractivity contribution in [3.05, 3.63) is 34.6 Å². The Morgan fingerprint density at radius 1 is 1.50 bits per heavy atom. The van der Waals surface area contributed by atoms with Crippen LogP contribution in [0.5, 0.6) is 0 Å². The Morgan fingerprint density at radius 2 is 2.25 bits per heavy atom. The van der Waals surface area contributed by atoms with E-state index in [0.717, 1.165) is 25.1 Å². The fourth-order valence-corrected chi connectivity index (χ4v) is 2.09. The van der Waals surface area contributed by atoms with Crippen molar-refractivity contribution >= 4 is 24.0 Å². The fraction of sp³-hybridized carbons (Fsp3) is 0.455. The van der Waals surface area contributed by atoms with Gasteiger partial charge in [0.05, 0.1) is 0 Å². The van der Waals surface area contributed by atoms with E-state index in [1.54, 1.807) is 6.07 Å². The first-order valence-electron chi connectivity index (χ1n) is 5.07. The maximum atomic E-state index is 13.0. The van der Waals surface area contributed by atoms with E-state index in [2.05, 4.69) is 4.90 Å². The minimum Gasteiger partial charge on any atom is -0.326 e. The molecule has 0 bridgehead atoms. The largest absolute Gasteiger partial charge is 0.326 e. The summed E-state index contributed by atoms with van der Waals surface area (Å²) < 4.78 is 13.0. The van der Waals surface area contributed by atoms with Gasteiger partial charge >= 0.3 is 0 Å². The topological polar surface area (TPSA) is 29.3 Å². The van der Waals surface area contributed by atoms with E-state index >= 15 is 0 Å². The molecule has 90 valence electrons. The zero-order valence-corrected chi connectivity index (χ0v) is 10.4. The molecule has 1 heterocycles. The van der Waals surface area contributed by atoms with E-state index in [-0.39, 0.29) is 24.3 Å². The van der Waals surface area contributed by atoms with Crippen LogP contribution in [0.1, 0.15) is 12.0 Å². The summed E-state index contributed by atoms with van der Waals surface area (Å²) in [6, 6.07) is 4.72. The fourth-order valence-electron chi connectivity index (χ4n) is 1.91. The van der Waals surface area contributed by atoms with Crippen molar-refractivity contribution in [1.29, 1.82) is 0 Å². The summed E-state index contributed by atoms with van der Waals surface area (Å²) >= 11 is 5.99. The third-order valence-corrected chi connectivity index (χ3v) is 3.08. The highest BCUT2D eigenvalue weighted by Gasteiger charge is 2.19. The summed E-state index contributed by atoms with van der Waals surface area (Å²) in [5.74, 6) is -0.238. The maximum Gasteiger partial charge on any atom is 0.123 e. The number of likely N-dealkylation sites (tertiary alicyclic amines) is 1. The lowest BCUT2D eigenvalue weighted by Crippen LogP contribution is -2.26. The van der Waals surface area contributed by atoms with E-state index < -0.39 is 0 Å². The van der Waals surface area contributed by atoms with Gasteiger partial charge in [-0.15, -0.1) is 12.4 Å². The normalized spacial score (nSPS) is 20.8. The van der Waals surface area contributed by atoms with Gasteiger partial charge in [-0.05, 0) is 30.2 Å². The molecule has 1 aromatic rings. The predicted octanol–water partition coefficient (Wildman–Crippen LogP) is 2.43. The molecule has 1 unspecified atom stereocenters. The Morgan fingerprint density at radius 3 is 2.88 bits per heavy atom. The van der Waals surface area contributed by atoms with Gasteiger partial charge in [0.2, 0.25) is 0 Å². The summed E-state index contributed by atoms with van der Waals surface area (Å²) in [4.78, 5) is 2.20. The summed E-state index contributed by atoms with van der Waals surface area (Å²) in [5, 5.41) is 0.622. The SMILES string of the molecule is Cl.NC1CCN(Cc2cc(F)ccc2Cl)C1. The average molecular weight is 265 g/mol. The number of rotatable bonds is 2. The molecule has 0 saturated carbocycles. The highest BCUT2D eigenvalue weighted by atomic mass is 35.5. The van der Waals surface area contributed by atoms with Crippen LogP contribution < -0.4 is 5.73 Å². The van der Waals surface area contributed by atoms with Crippen LogP contribution in [-0.4, -0.2) is 24.0 Å². The Bertz CT molecular complexity index is 360. The molecule has 16 heavy (non-hydrogen) atoms. The van der Waals surface area contributed by atoms with Crippen LogP contribution in [0.4, 0.5) is 4.39 Å². The van der Waals surface area contributed by atoms with Crippen LogP contribution in [0, 0.1) is 5.82 Å². The van der Waals surface area contributed by atoms with Crippen molar-refractivity contribution in [3.63, 3.8) is 0 Å². The smallest absolute Gasteiger partial charge is 0.123 e. The molecule has 0 amide bonds. The van der Waals surface area contributed by atoms with Gasteiger partial charge in [0.15, 0.2) is 0 Å². The van der Waals surface area contributed by atoms with Crippen molar-refractivity contribution in [3.8, 4) is 0 Å². The number of benzene rings is 1. The van der Waals surface area contributed by atoms with Crippen LogP contribution in [-0.2, 0) is 6.54 Å². The standard InChI is InChI=1S/C11H14ClFN2.ClH/c12-11-2-1-9(13)5-8(11)6-15-4-3-10(14)7-15;/h1-2,5,10H,3-4,6-7,14H2;1H. The predicted molar refractivity (Wildman–Crippen MR) is 66.5 cm³/mol. The molecular weight excluding hydrogens is 250 g/mol. The average Bonchev–Trinajstić information content (AvgIpc) is 2.58. The summed E-state index contributed by atoms with van der Waals surface area (Å²) in [6.07, 6.45) is 1.01. The zero-order valence-electron chi connectivity index (χ0n) is 8.83. The molecule has 2 rings (SSSR count). The molecule has 2 nitrogen and oxygen atoms in total. The van der Waals surface area contributed by atoms with Crippen LogP contribution in [0.25, 0.3) is 0 Å². The van der Waals surface area contributed by atoms with Gasteiger partial charge < -0.3 is 5.73 Å². The minimum atomic E-state index is -0.238. The quantitative estimate of drug-likeness (QED) is 0.889. The van der Waals surface area contributed by atoms with E-state index in [1.807, 2.05) is 0 Å². The van der Waals surface area contributed by atoms with Gasteiger partial charge in [-0.25, -0.2) is 4.39 Å².